The van der Waals surface area contributed by atoms with Crippen LogP contribution < -0.4 is 74.6 Å². The number of nitrogens with zero attached hydrogens (tertiary/aromatic N) is 4. The van der Waals surface area contributed by atoms with Gasteiger partial charge in [-0.25, -0.2) is 15.0 Å². The zero-order valence-corrected chi connectivity index (χ0v) is 19.4. The van der Waals surface area contributed by atoms with Crippen LogP contribution in [0.2, 0.25) is 5.28 Å². The molecule has 132 valence electrons. The first kappa shape index (κ1) is 24.7. The molecule has 0 spiro atoms. The summed E-state index contributed by atoms with van der Waals surface area (Å²) in [6.45, 7) is -0.764. The topological polar surface area (TPSA) is 192 Å². The van der Waals surface area contributed by atoms with Crippen LogP contribution in [0.3, 0.4) is 0 Å². The number of nitrogen functional groups attached to an aromatic ring is 1. The molecular formula is C10H11ClN5Na2O7P. The number of phosphoric ester groups is 1. The van der Waals surface area contributed by atoms with Gasteiger partial charge >= 0.3 is 59.1 Å². The van der Waals surface area contributed by atoms with Crippen molar-refractivity contribution in [1.29, 1.82) is 0 Å². The normalized spacial score (nSPS) is 25.7. The van der Waals surface area contributed by atoms with E-state index < -0.39 is 39.0 Å². The van der Waals surface area contributed by atoms with Crippen LogP contribution in [0.1, 0.15) is 6.23 Å². The molecule has 0 aromatic carbocycles. The fourth-order valence-electron chi connectivity index (χ4n) is 2.37. The van der Waals surface area contributed by atoms with Crippen molar-refractivity contribution >= 4 is 36.4 Å². The van der Waals surface area contributed by atoms with Crippen LogP contribution in [0.25, 0.3) is 11.2 Å². The summed E-state index contributed by atoms with van der Waals surface area (Å²) in [6, 6.07) is 0. The Morgan fingerprint density at radius 2 is 2.00 bits per heavy atom. The van der Waals surface area contributed by atoms with Crippen molar-refractivity contribution in [2.75, 3.05) is 12.3 Å². The molecule has 1 fully saturated rings. The van der Waals surface area contributed by atoms with Crippen molar-refractivity contribution in [3.8, 4) is 0 Å². The van der Waals surface area contributed by atoms with Gasteiger partial charge in [0.05, 0.1) is 14.4 Å². The zero-order chi connectivity index (χ0) is 17.6. The van der Waals surface area contributed by atoms with Crippen LogP contribution >= 0.6 is 19.4 Å². The molecule has 1 aliphatic rings. The Bertz CT molecular complexity index is 822. The SMILES string of the molecule is Nc1ncnc2c1nc(Cl)n2[C@@H]1O[C@H](COP(=O)([O-])[O-])[C@@H](O)[C@H]1O.[Na+].[Na+]. The number of imidazole rings is 1. The molecule has 0 radical (unpaired) electrons. The van der Waals surface area contributed by atoms with E-state index in [0.717, 1.165) is 10.9 Å². The van der Waals surface area contributed by atoms with E-state index in [9.17, 15) is 24.6 Å². The second-order valence-corrected chi connectivity index (χ2v) is 6.46. The maximum absolute atomic E-state index is 10.5. The van der Waals surface area contributed by atoms with Gasteiger partial charge in [0.15, 0.2) is 23.2 Å². The summed E-state index contributed by atoms with van der Waals surface area (Å²) >= 11 is 6.01. The first-order valence-corrected chi connectivity index (χ1v) is 8.35. The van der Waals surface area contributed by atoms with E-state index in [1.807, 2.05) is 0 Å². The summed E-state index contributed by atoms with van der Waals surface area (Å²) < 4.78 is 21.1. The number of aromatic nitrogens is 4. The third-order valence-electron chi connectivity index (χ3n) is 3.45. The minimum atomic E-state index is -5.25. The van der Waals surface area contributed by atoms with E-state index >= 15 is 0 Å². The average molecular weight is 426 g/mol. The van der Waals surface area contributed by atoms with Crippen molar-refractivity contribution in [3.05, 3.63) is 11.6 Å². The minimum absolute atomic E-state index is 0. The van der Waals surface area contributed by atoms with E-state index in [0.29, 0.717) is 0 Å². The quantitative estimate of drug-likeness (QED) is 0.239. The standard InChI is InChI=1S/C10H13ClN5O7P.2Na/c11-10-15-4-7(12)13-2-14-8(4)16(10)9-6(18)5(17)3(23-9)1-22-24(19,20)21;;/h2-3,5-6,9,17-18H,1H2,(H2,12,13,14)(H2,19,20,21);;/q;2*+1/p-2/t3-,5-,6-,9-;;/m1../s1. The van der Waals surface area contributed by atoms with Crippen molar-refractivity contribution in [3.63, 3.8) is 0 Å². The number of hydrogen-bond donors (Lipinski definition) is 3. The summed E-state index contributed by atoms with van der Waals surface area (Å²) in [5, 5.41) is 20.0. The van der Waals surface area contributed by atoms with Gasteiger partial charge in [-0.2, -0.15) is 0 Å². The molecule has 0 saturated carbocycles. The number of aliphatic hydroxyl groups excluding tert-OH is 2. The number of nitrogens with two attached hydrogens (primary N) is 1. The molecule has 16 heteroatoms. The molecule has 12 nitrogen and oxygen atoms in total. The number of aliphatic hydroxyl groups is 2. The number of rotatable bonds is 4. The van der Waals surface area contributed by atoms with Crippen molar-refractivity contribution in [2.24, 2.45) is 0 Å². The Hall–Kier alpha value is 0.630. The van der Waals surface area contributed by atoms with Gasteiger partial charge in [-0.15, -0.1) is 0 Å². The number of halogens is 1. The molecule has 2 aromatic heterocycles. The molecule has 0 unspecified atom stereocenters. The number of ether oxygens (including phenoxy) is 1. The molecule has 2 aromatic rings. The summed E-state index contributed by atoms with van der Waals surface area (Å²) in [6.07, 6.45) is -4.43. The van der Waals surface area contributed by atoms with Gasteiger partial charge in [0, 0.05) is 0 Å². The van der Waals surface area contributed by atoms with Crippen LogP contribution in [-0.4, -0.2) is 54.7 Å². The van der Waals surface area contributed by atoms with Crippen LogP contribution in [0.15, 0.2) is 6.33 Å². The minimum Gasteiger partial charge on any atom is -0.790 e. The summed E-state index contributed by atoms with van der Waals surface area (Å²) in [4.78, 5) is 32.7. The third kappa shape index (κ3) is 4.97. The van der Waals surface area contributed by atoms with Gasteiger partial charge in [0.25, 0.3) is 0 Å². The molecule has 3 heterocycles. The van der Waals surface area contributed by atoms with Crippen molar-refractivity contribution in [2.45, 2.75) is 24.5 Å². The van der Waals surface area contributed by atoms with Gasteiger partial charge in [-0.1, -0.05) is 0 Å². The van der Waals surface area contributed by atoms with Crippen LogP contribution in [-0.2, 0) is 13.8 Å². The zero-order valence-electron chi connectivity index (χ0n) is 13.7. The summed E-state index contributed by atoms with van der Waals surface area (Å²) in [7, 11) is -5.25. The predicted octanol–water partition coefficient (Wildman–Crippen LogP) is -8.47. The molecule has 0 amide bonds. The second-order valence-electron chi connectivity index (χ2n) is 4.97. The van der Waals surface area contributed by atoms with Crippen molar-refractivity contribution in [1.82, 2.24) is 19.5 Å². The van der Waals surface area contributed by atoms with Gasteiger partial charge in [0.1, 0.15) is 24.6 Å². The molecule has 1 aliphatic heterocycles. The van der Waals surface area contributed by atoms with E-state index in [1.54, 1.807) is 0 Å². The molecular weight excluding hydrogens is 415 g/mol. The second kappa shape index (κ2) is 9.42. The molecule has 4 N–H and O–H groups in total. The Morgan fingerprint density at radius 3 is 2.62 bits per heavy atom. The van der Waals surface area contributed by atoms with Crippen LogP contribution in [0, 0.1) is 0 Å². The predicted molar refractivity (Wildman–Crippen MR) is 74.2 cm³/mol. The van der Waals surface area contributed by atoms with Crippen LogP contribution in [0.5, 0.6) is 0 Å². The Kier molecular flexibility index (Phi) is 8.94. The summed E-state index contributed by atoms with van der Waals surface area (Å²) in [5.74, 6) is 0.0483. The number of phosphoric acid groups is 1. The maximum Gasteiger partial charge on any atom is 1.00 e. The molecule has 4 atom stereocenters. The van der Waals surface area contributed by atoms with Gasteiger partial charge < -0.3 is 39.6 Å². The van der Waals surface area contributed by atoms with Crippen molar-refractivity contribution < 1.29 is 92.9 Å². The van der Waals surface area contributed by atoms with Crippen LogP contribution in [0.4, 0.5) is 5.82 Å². The van der Waals surface area contributed by atoms with E-state index in [1.165, 1.54) is 0 Å². The maximum atomic E-state index is 10.5. The van der Waals surface area contributed by atoms with E-state index in [-0.39, 0.29) is 81.4 Å². The Balaban J connectivity index is 0.00000169. The average Bonchev–Trinajstić information content (AvgIpc) is 2.96. The monoisotopic (exact) mass is 425 g/mol. The van der Waals surface area contributed by atoms with E-state index in [2.05, 4.69) is 19.5 Å². The summed E-state index contributed by atoms with van der Waals surface area (Å²) in [5.41, 5.74) is 5.97. The van der Waals surface area contributed by atoms with Gasteiger partial charge in [-0.3, -0.25) is 4.57 Å². The Morgan fingerprint density at radius 1 is 1.35 bits per heavy atom. The molecule has 26 heavy (non-hydrogen) atoms. The molecule has 3 rings (SSSR count). The van der Waals surface area contributed by atoms with Gasteiger partial charge in [-0.05, 0) is 11.6 Å². The fourth-order valence-corrected chi connectivity index (χ4v) is 2.96. The third-order valence-corrected chi connectivity index (χ3v) is 4.18. The number of anilines is 1. The number of fused-ring (bicyclic) bond motifs is 1. The fraction of sp³-hybridized carbons (Fsp3) is 0.500. The number of hydrogen-bond acceptors (Lipinski definition) is 11. The first-order valence-electron chi connectivity index (χ1n) is 6.51. The molecule has 1 saturated heterocycles. The smallest absolute Gasteiger partial charge is 0.790 e. The first-order chi connectivity index (χ1) is 11.2. The molecule has 0 aliphatic carbocycles. The van der Waals surface area contributed by atoms with Gasteiger partial charge in [0.2, 0.25) is 5.28 Å². The largest absolute Gasteiger partial charge is 1.00 e. The Labute approximate surface area is 195 Å². The van der Waals surface area contributed by atoms with E-state index in [4.69, 9.17) is 22.1 Å². The molecule has 0 bridgehead atoms.